The number of nitrogens with zero attached hydrogens (tertiary/aromatic N) is 2. The molecule has 0 spiro atoms. The van der Waals surface area contributed by atoms with Crippen molar-refractivity contribution in [2.24, 2.45) is 0 Å². The molecule has 0 amide bonds. The van der Waals surface area contributed by atoms with Crippen LogP contribution in [-0.2, 0) is 0 Å². The van der Waals surface area contributed by atoms with Crippen LogP contribution in [0.2, 0.25) is 0 Å². The monoisotopic (exact) mass is 706 g/mol. The number of rotatable bonds is 4. The molecule has 4 heteroatoms. The summed E-state index contributed by atoms with van der Waals surface area (Å²) < 4.78 is 14.0. The summed E-state index contributed by atoms with van der Waals surface area (Å²) in [5.74, 6) is 0. The number of hydrogen-bond acceptors (Lipinski definition) is 2. The van der Waals surface area contributed by atoms with Gasteiger partial charge in [0.15, 0.2) is 0 Å². The van der Waals surface area contributed by atoms with E-state index in [0.717, 1.165) is 50.1 Å². The molecule has 0 N–H and O–H groups in total. The molecule has 252 valence electrons. The van der Waals surface area contributed by atoms with Crippen molar-refractivity contribution < 1.29 is 4.42 Å². The Kier molecular flexibility index (Phi) is 6.21. The van der Waals surface area contributed by atoms with Gasteiger partial charge in [-0.2, -0.15) is 0 Å². The number of hydrogen-bond donors (Lipinski definition) is 0. The summed E-state index contributed by atoms with van der Waals surface area (Å²) in [6.07, 6.45) is 0. The molecule has 4 aromatic heterocycles. The lowest BCUT2D eigenvalue weighted by Crippen LogP contribution is -1.93. The SMILES string of the molecule is c1ccc(-n2c3ccccc3c3c4c(-c5ccc(-n6c7ccccc7c7cc(-c8cccc9c8sc8ccccc89)ccc76)cc5)cccc4oc32)cc1. The summed E-state index contributed by atoms with van der Waals surface area (Å²) in [7, 11) is 0. The van der Waals surface area contributed by atoms with Crippen molar-refractivity contribution >= 4 is 86.3 Å². The lowest BCUT2D eigenvalue weighted by atomic mass is 9.99. The van der Waals surface area contributed by atoms with Gasteiger partial charge >= 0.3 is 0 Å². The first-order valence-electron chi connectivity index (χ1n) is 18.3. The van der Waals surface area contributed by atoms with E-state index < -0.39 is 0 Å². The highest BCUT2D eigenvalue weighted by molar-refractivity contribution is 7.26. The van der Waals surface area contributed by atoms with E-state index in [-0.39, 0.29) is 0 Å². The van der Waals surface area contributed by atoms with Crippen LogP contribution in [0, 0.1) is 0 Å². The number of benzene rings is 8. The normalized spacial score (nSPS) is 12.1. The standard InChI is InChI=1S/C50H30N2OS/c1-2-12-33(13-3-1)52-43-21-8-5-16-40(43)48-47-35(17-11-22-45(47)53-50(48)52)31-24-27-34(28-25-31)51-42-20-7-4-14-37(42)41-30-32(26-29-44(41)51)36-18-10-19-39-38-15-6-9-23-46(38)54-49(36)39/h1-30H. The minimum Gasteiger partial charge on any atom is -0.439 e. The molecule has 0 saturated carbocycles. The quantitative estimate of drug-likeness (QED) is 0.179. The molecule has 0 bridgehead atoms. The maximum absolute atomic E-state index is 6.70. The molecule has 0 aliphatic carbocycles. The largest absolute Gasteiger partial charge is 0.439 e. The van der Waals surface area contributed by atoms with Gasteiger partial charge in [0.25, 0.3) is 0 Å². The van der Waals surface area contributed by atoms with Crippen molar-refractivity contribution in [3.05, 3.63) is 182 Å². The van der Waals surface area contributed by atoms with Crippen molar-refractivity contribution in [2.45, 2.75) is 0 Å². The molecule has 12 rings (SSSR count). The average molecular weight is 707 g/mol. The predicted octanol–water partition coefficient (Wildman–Crippen LogP) is 14.3. The van der Waals surface area contributed by atoms with E-state index in [1.54, 1.807) is 0 Å². The topological polar surface area (TPSA) is 23.0 Å². The molecule has 4 heterocycles. The zero-order valence-electron chi connectivity index (χ0n) is 29.0. The lowest BCUT2D eigenvalue weighted by Gasteiger charge is -2.11. The first kappa shape index (κ1) is 29.7. The Morgan fingerprint density at radius 2 is 1.02 bits per heavy atom. The van der Waals surface area contributed by atoms with E-state index in [2.05, 4.69) is 191 Å². The van der Waals surface area contributed by atoms with Gasteiger partial charge in [-0.25, -0.2) is 0 Å². The van der Waals surface area contributed by atoms with E-state index in [1.807, 2.05) is 11.3 Å². The molecule has 0 unspecified atom stereocenters. The summed E-state index contributed by atoms with van der Waals surface area (Å²) >= 11 is 1.88. The van der Waals surface area contributed by atoms with Gasteiger partial charge < -0.3 is 8.98 Å². The van der Waals surface area contributed by atoms with E-state index in [1.165, 1.54) is 58.5 Å². The summed E-state index contributed by atoms with van der Waals surface area (Å²) in [6.45, 7) is 0. The molecule has 0 aliphatic rings. The van der Waals surface area contributed by atoms with Crippen LogP contribution in [0.4, 0.5) is 0 Å². The van der Waals surface area contributed by atoms with Gasteiger partial charge in [-0.15, -0.1) is 11.3 Å². The van der Waals surface area contributed by atoms with E-state index >= 15 is 0 Å². The Balaban J connectivity index is 1.01. The van der Waals surface area contributed by atoms with E-state index in [4.69, 9.17) is 4.42 Å². The van der Waals surface area contributed by atoms with Gasteiger partial charge in [-0.3, -0.25) is 4.57 Å². The highest BCUT2D eigenvalue weighted by Crippen LogP contribution is 2.44. The molecule has 3 nitrogen and oxygen atoms in total. The van der Waals surface area contributed by atoms with Crippen molar-refractivity contribution in [1.82, 2.24) is 9.13 Å². The van der Waals surface area contributed by atoms with Crippen LogP contribution in [0.25, 0.3) is 109 Å². The van der Waals surface area contributed by atoms with Crippen LogP contribution in [-0.4, -0.2) is 9.13 Å². The second kappa shape index (κ2) is 11.3. The average Bonchev–Trinajstić information content (AvgIpc) is 3.98. The van der Waals surface area contributed by atoms with Gasteiger partial charge in [0.2, 0.25) is 5.71 Å². The Hall–Kier alpha value is -6.88. The van der Waals surface area contributed by atoms with Crippen molar-refractivity contribution in [3.8, 4) is 33.6 Å². The Bertz CT molecular complexity index is 3430. The number of fused-ring (bicyclic) bond motifs is 11. The molecule has 0 fully saturated rings. The van der Waals surface area contributed by atoms with Crippen molar-refractivity contribution in [1.29, 1.82) is 0 Å². The van der Waals surface area contributed by atoms with Gasteiger partial charge in [0.05, 0.1) is 21.9 Å². The number of thiophene rings is 1. The molecule has 12 aromatic rings. The van der Waals surface area contributed by atoms with Gasteiger partial charge in [-0.05, 0) is 82.9 Å². The molecule has 8 aromatic carbocycles. The lowest BCUT2D eigenvalue weighted by molar-refractivity contribution is 0.645. The van der Waals surface area contributed by atoms with Gasteiger partial charge in [-0.1, -0.05) is 121 Å². The highest BCUT2D eigenvalue weighted by Gasteiger charge is 2.22. The minimum atomic E-state index is 0.870. The first-order valence-corrected chi connectivity index (χ1v) is 19.2. The Morgan fingerprint density at radius 1 is 0.389 bits per heavy atom. The third-order valence-electron chi connectivity index (χ3n) is 11.2. The summed E-state index contributed by atoms with van der Waals surface area (Å²) in [6, 6.07) is 65.8. The molecule has 0 aliphatic heterocycles. The zero-order chi connectivity index (χ0) is 35.3. The van der Waals surface area contributed by atoms with E-state index in [9.17, 15) is 0 Å². The first-order chi connectivity index (χ1) is 26.8. The third-order valence-corrected chi connectivity index (χ3v) is 12.4. The summed E-state index contributed by atoms with van der Waals surface area (Å²) in [5.41, 5.74) is 12.4. The highest BCUT2D eigenvalue weighted by atomic mass is 32.1. The van der Waals surface area contributed by atoms with Crippen LogP contribution in [0.15, 0.2) is 186 Å². The fourth-order valence-corrected chi connectivity index (χ4v) is 10.0. The van der Waals surface area contributed by atoms with Crippen LogP contribution in [0.3, 0.4) is 0 Å². The predicted molar refractivity (Wildman–Crippen MR) is 229 cm³/mol. The van der Waals surface area contributed by atoms with Crippen molar-refractivity contribution in [3.63, 3.8) is 0 Å². The van der Waals surface area contributed by atoms with Gasteiger partial charge in [0.1, 0.15) is 5.58 Å². The van der Waals surface area contributed by atoms with Gasteiger partial charge in [0, 0.05) is 53.1 Å². The molecule has 0 radical (unpaired) electrons. The fraction of sp³-hybridized carbons (Fsp3) is 0. The molecular formula is C50H30N2OS. The molecular weight excluding hydrogens is 677 g/mol. The number of para-hydroxylation sites is 3. The minimum absolute atomic E-state index is 0.870. The smallest absolute Gasteiger partial charge is 0.213 e. The fourth-order valence-electron chi connectivity index (χ4n) is 8.79. The van der Waals surface area contributed by atoms with Crippen LogP contribution in [0.1, 0.15) is 0 Å². The second-order valence-corrected chi connectivity index (χ2v) is 15.1. The van der Waals surface area contributed by atoms with Crippen molar-refractivity contribution in [2.75, 3.05) is 0 Å². The zero-order valence-corrected chi connectivity index (χ0v) is 29.8. The Morgan fingerprint density at radius 3 is 1.87 bits per heavy atom. The summed E-state index contributed by atoms with van der Waals surface area (Å²) in [4.78, 5) is 0. The maximum Gasteiger partial charge on any atom is 0.213 e. The summed E-state index contributed by atoms with van der Waals surface area (Å²) in [5, 5.41) is 8.63. The molecule has 0 atom stereocenters. The Labute approximate surface area is 314 Å². The third kappa shape index (κ3) is 4.17. The molecule has 0 saturated heterocycles. The van der Waals surface area contributed by atoms with Crippen LogP contribution < -0.4 is 0 Å². The maximum atomic E-state index is 6.70. The second-order valence-electron chi connectivity index (χ2n) is 14.1. The molecule has 54 heavy (non-hydrogen) atoms. The number of aromatic nitrogens is 2. The number of furan rings is 1. The van der Waals surface area contributed by atoms with E-state index in [0.29, 0.717) is 0 Å². The van der Waals surface area contributed by atoms with Crippen LogP contribution >= 0.6 is 11.3 Å². The van der Waals surface area contributed by atoms with Crippen LogP contribution in [0.5, 0.6) is 0 Å².